The second kappa shape index (κ2) is 4.84. The molecule has 0 aromatic heterocycles. The minimum absolute atomic E-state index is 0.0143. The maximum atomic E-state index is 12.3. The molecule has 2 fully saturated rings. The van der Waals surface area contributed by atoms with Gasteiger partial charge < -0.3 is 10.2 Å². The van der Waals surface area contributed by atoms with Crippen LogP contribution in [0.1, 0.15) is 66.2 Å². The van der Waals surface area contributed by atoms with E-state index in [1.807, 2.05) is 13.8 Å². The minimum atomic E-state index is -0.693. The molecular formula is C19H28O4. The Labute approximate surface area is 138 Å². The van der Waals surface area contributed by atoms with Gasteiger partial charge in [0.1, 0.15) is 0 Å². The lowest BCUT2D eigenvalue weighted by Crippen LogP contribution is -2.56. The number of aliphatic hydroxyl groups is 1. The number of carboxylic acid groups (broad SMARTS) is 1. The van der Waals surface area contributed by atoms with Gasteiger partial charge in [-0.25, -0.2) is 0 Å². The lowest BCUT2D eigenvalue weighted by Gasteiger charge is -2.61. The number of rotatable bonds is 1. The van der Waals surface area contributed by atoms with Crippen LogP contribution in [-0.2, 0) is 9.59 Å². The summed E-state index contributed by atoms with van der Waals surface area (Å²) in [5, 5.41) is 19.7. The van der Waals surface area contributed by atoms with Crippen molar-refractivity contribution in [1.29, 1.82) is 0 Å². The molecule has 4 heteroatoms. The van der Waals surface area contributed by atoms with Crippen LogP contribution in [0.25, 0.3) is 0 Å². The first kappa shape index (κ1) is 16.5. The predicted molar refractivity (Wildman–Crippen MR) is 87.0 cm³/mol. The van der Waals surface area contributed by atoms with Crippen molar-refractivity contribution in [3.8, 4) is 0 Å². The van der Waals surface area contributed by atoms with Gasteiger partial charge in [-0.2, -0.15) is 0 Å². The number of aliphatic carboxylic acids is 1. The maximum Gasteiger partial charge on any atom is 0.309 e. The number of hydrogen-bond acceptors (Lipinski definition) is 3. The van der Waals surface area contributed by atoms with E-state index in [0.717, 1.165) is 24.8 Å². The van der Waals surface area contributed by atoms with Gasteiger partial charge in [-0.15, -0.1) is 0 Å². The molecule has 2 N–H and O–H groups in total. The highest BCUT2D eigenvalue weighted by Gasteiger charge is 2.60. The maximum absolute atomic E-state index is 12.3. The van der Waals surface area contributed by atoms with Crippen molar-refractivity contribution < 1.29 is 19.8 Å². The van der Waals surface area contributed by atoms with Crippen LogP contribution in [0.4, 0.5) is 0 Å². The average Bonchev–Trinajstić information content (AvgIpc) is 2.49. The summed E-state index contributed by atoms with van der Waals surface area (Å²) in [6.45, 7) is 8.20. The van der Waals surface area contributed by atoms with Crippen LogP contribution in [0.2, 0.25) is 0 Å². The van der Waals surface area contributed by atoms with E-state index in [-0.39, 0.29) is 28.3 Å². The molecule has 0 spiro atoms. The van der Waals surface area contributed by atoms with Crippen molar-refractivity contribution >= 4 is 11.8 Å². The molecule has 0 saturated heterocycles. The van der Waals surface area contributed by atoms with Crippen LogP contribution in [-0.4, -0.2) is 22.0 Å². The molecule has 23 heavy (non-hydrogen) atoms. The van der Waals surface area contributed by atoms with Gasteiger partial charge in [0.15, 0.2) is 11.5 Å². The standard InChI is InChI=1S/C19H28O4/c1-11-15(21)13(20)9-14-18(11,3)6-5-12-10-17(2,16(22)23)7-8-19(12,14)4/h12,14,21H,5-10H2,1-4H3,(H,22,23)/t12-,14-,17-,18+,19-/m0/s1. The smallest absolute Gasteiger partial charge is 0.309 e. The van der Waals surface area contributed by atoms with Gasteiger partial charge in [-0.05, 0) is 74.2 Å². The predicted octanol–water partition coefficient (Wildman–Crippen LogP) is 4.10. The highest BCUT2D eigenvalue weighted by atomic mass is 16.4. The third-order valence-corrected chi connectivity index (χ3v) is 7.80. The monoisotopic (exact) mass is 320 g/mol. The number of hydrogen-bond donors (Lipinski definition) is 2. The van der Waals surface area contributed by atoms with Gasteiger partial charge in [0.2, 0.25) is 0 Å². The van der Waals surface area contributed by atoms with Gasteiger partial charge in [-0.1, -0.05) is 13.8 Å². The number of carbonyl (C=O) groups excluding carboxylic acids is 1. The van der Waals surface area contributed by atoms with E-state index in [4.69, 9.17) is 0 Å². The zero-order chi connectivity index (χ0) is 17.2. The summed E-state index contributed by atoms with van der Waals surface area (Å²) >= 11 is 0. The van der Waals surface area contributed by atoms with Gasteiger partial charge >= 0.3 is 5.97 Å². The molecule has 0 aromatic carbocycles. The molecule has 0 radical (unpaired) electrons. The molecule has 5 atom stereocenters. The molecule has 3 aliphatic rings. The van der Waals surface area contributed by atoms with Gasteiger partial charge in [-0.3, -0.25) is 9.59 Å². The first-order valence-electron chi connectivity index (χ1n) is 8.71. The van der Waals surface area contributed by atoms with E-state index in [0.29, 0.717) is 25.2 Å². The fourth-order valence-corrected chi connectivity index (χ4v) is 5.76. The summed E-state index contributed by atoms with van der Waals surface area (Å²) in [7, 11) is 0. The molecule has 128 valence electrons. The number of allylic oxidation sites excluding steroid dienone is 2. The molecule has 0 heterocycles. The Morgan fingerprint density at radius 2 is 1.83 bits per heavy atom. The number of fused-ring (bicyclic) bond motifs is 3. The van der Waals surface area contributed by atoms with Crippen LogP contribution in [0.15, 0.2) is 11.3 Å². The molecule has 0 aromatic rings. The molecule has 2 saturated carbocycles. The highest BCUT2D eigenvalue weighted by molar-refractivity contribution is 5.95. The summed E-state index contributed by atoms with van der Waals surface area (Å²) in [4.78, 5) is 23.9. The van der Waals surface area contributed by atoms with E-state index in [1.54, 1.807) is 0 Å². The van der Waals surface area contributed by atoms with Crippen molar-refractivity contribution in [2.75, 3.05) is 0 Å². The van der Waals surface area contributed by atoms with Gasteiger partial charge in [0.05, 0.1) is 5.41 Å². The van der Waals surface area contributed by atoms with E-state index in [2.05, 4.69) is 13.8 Å². The minimum Gasteiger partial charge on any atom is -0.504 e. The largest absolute Gasteiger partial charge is 0.504 e. The van der Waals surface area contributed by atoms with Crippen molar-refractivity contribution in [2.24, 2.45) is 28.1 Å². The lowest BCUT2D eigenvalue weighted by molar-refractivity contribution is -0.162. The topological polar surface area (TPSA) is 74.6 Å². The van der Waals surface area contributed by atoms with Crippen molar-refractivity contribution in [2.45, 2.75) is 66.2 Å². The average molecular weight is 320 g/mol. The van der Waals surface area contributed by atoms with Crippen LogP contribution in [0, 0.1) is 28.1 Å². The van der Waals surface area contributed by atoms with Crippen LogP contribution >= 0.6 is 0 Å². The van der Waals surface area contributed by atoms with E-state index >= 15 is 0 Å². The van der Waals surface area contributed by atoms with E-state index < -0.39 is 11.4 Å². The number of Topliss-reactive ketones (excluding diaryl/α,β-unsaturated/α-hetero) is 1. The molecule has 3 aliphatic carbocycles. The number of aliphatic hydroxyl groups excluding tert-OH is 1. The molecule has 0 bridgehead atoms. The summed E-state index contributed by atoms with van der Waals surface area (Å²) in [6, 6.07) is 0. The Morgan fingerprint density at radius 3 is 2.43 bits per heavy atom. The molecule has 0 unspecified atom stereocenters. The fraction of sp³-hybridized carbons (Fsp3) is 0.789. The quantitative estimate of drug-likeness (QED) is 0.762. The SMILES string of the molecule is CC1=C(O)C(=O)C[C@@H]2[C@@]3(C)CC[C@](C)(C(=O)O)C[C@@H]3CC[C@]12C. The molecule has 0 aliphatic heterocycles. The van der Waals surface area contributed by atoms with E-state index in [9.17, 15) is 19.8 Å². The molecule has 3 rings (SSSR count). The Kier molecular flexibility index (Phi) is 3.48. The zero-order valence-electron chi connectivity index (χ0n) is 14.6. The molecule has 0 amide bonds. The summed E-state index contributed by atoms with van der Waals surface area (Å²) < 4.78 is 0. The summed E-state index contributed by atoms with van der Waals surface area (Å²) in [5.41, 5.74) is 0.0497. The second-order valence-corrected chi connectivity index (χ2v) is 8.88. The summed E-state index contributed by atoms with van der Waals surface area (Å²) in [5.74, 6) is -0.316. The number of ketones is 1. The zero-order valence-corrected chi connectivity index (χ0v) is 14.6. The number of carbonyl (C=O) groups is 2. The highest BCUT2D eigenvalue weighted by Crippen LogP contribution is 2.66. The first-order chi connectivity index (χ1) is 10.5. The van der Waals surface area contributed by atoms with Crippen molar-refractivity contribution in [1.82, 2.24) is 0 Å². The van der Waals surface area contributed by atoms with Crippen molar-refractivity contribution in [3.05, 3.63) is 11.3 Å². The molecule has 4 nitrogen and oxygen atoms in total. The van der Waals surface area contributed by atoms with Crippen LogP contribution < -0.4 is 0 Å². The second-order valence-electron chi connectivity index (χ2n) is 8.88. The van der Waals surface area contributed by atoms with Crippen molar-refractivity contribution in [3.63, 3.8) is 0 Å². The first-order valence-corrected chi connectivity index (χ1v) is 8.71. The Hall–Kier alpha value is -1.32. The van der Waals surface area contributed by atoms with E-state index in [1.165, 1.54) is 0 Å². The lowest BCUT2D eigenvalue weighted by atomic mass is 9.42. The Bertz CT molecular complexity index is 606. The third-order valence-electron chi connectivity index (χ3n) is 7.80. The van der Waals surface area contributed by atoms with Crippen LogP contribution in [0.5, 0.6) is 0 Å². The Balaban J connectivity index is 1.99. The van der Waals surface area contributed by atoms with Gasteiger partial charge in [0.25, 0.3) is 0 Å². The molecular weight excluding hydrogens is 292 g/mol. The Morgan fingerprint density at radius 1 is 1.17 bits per heavy atom. The van der Waals surface area contributed by atoms with Crippen LogP contribution in [0.3, 0.4) is 0 Å². The normalized spacial score (nSPS) is 47.0. The number of carboxylic acids is 1. The van der Waals surface area contributed by atoms with Gasteiger partial charge in [0, 0.05) is 6.42 Å². The fourth-order valence-electron chi connectivity index (χ4n) is 5.76. The third kappa shape index (κ3) is 2.10. The summed E-state index contributed by atoms with van der Waals surface area (Å²) in [6.07, 6.45) is 4.53.